The molecule has 6 heteroatoms. The Morgan fingerprint density at radius 3 is 2.19 bits per heavy atom. The summed E-state index contributed by atoms with van der Waals surface area (Å²) in [6, 6.07) is -0.548. The zero-order valence-electron chi connectivity index (χ0n) is 9.31. The topological polar surface area (TPSA) is 46.2 Å². The summed E-state index contributed by atoms with van der Waals surface area (Å²) in [4.78, 5) is 23.4. The van der Waals surface area contributed by atoms with E-state index in [2.05, 4.69) is 5.32 Å². The summed E-state index contributed by atoms with van der Waals surface area (Å²) in [6.07, 6.45) is 0.338. The van der Waals surface area contributed by atoms with Crippen LogP contribution in [0.3, 0.4) is 0 Å². The van der Waals surface area contributed by atoms with Crippen LogP contribution >= 0.6 is 34.8 Å². The first-order chi connectivity index (χ1) is 7.06. The Bertz CT molecular complexity index is 323. The van der Waals surface area contributed by atoms with Gasteiger partial charge in [-0.25, -0.2) is 0 Å². The predicted octanol–water partition coefficient (Wildman–Crippen LogP) is 2.48. The lowest BCUT2D eigenvalue weighted by Gasteiger charge is -2.22. The van der Waals surface area contributed by atoms with Gasteiger partial charge in [0.2, 0.25) is 5.91 Å². The molecule has 2 atom stereocenters. The maximum atomic E-state index is 11.9. The van der Waals surface area contributed by atoms with Crippen LogP contribution in [-0.2, 0) is 9.59 Å². The Morgan fingerprint density at radius 1 is 1.38 bits per heavy atom. The highest BCUT2D eigenvalue weighted by Crippen LogP contribution is 2.39. The van der Waals surface area contributed by atoms with Crippen LogP contribution < -0.4 is 5.32 Å². The third-order valence-electron chi connectivity index (χ3n) is 2.95. The van der Waals surface area contributed by atoms with Gasteiger partial charge in [0.15, 0.2) is 9.58 Å². The fraction of sp³-hybridized carbons (Fsp3) is 0.800. The first-order valence-corrected chi connectivity index (χ1v) is 6.12. The fourth-order valence-electron chi connectivity index (χ4n) is 1.60. The van der Waals surface area contributed by atoms with E-state index in [1.807, 2.05) is 0 Å². The molecule has 1 rings (SSSR count). The lowest BCUT2D eigenvalue weighted by molar-refractivity contribution is -0.133. The van der Waals surface area contributed by atoms with Crippen molar-refractivity contribution in [1.82, 2.24) is 5.32 Å². The van der Waals surface area contributed by atoms with Gasteiger partial charge in [-0.05, 0) is 20.3 Å². The second kappa shape index (κ2) is 4.35. The Balaban J connectivity index is 2.73. The predicted molar refractivity (Wildman–Crippen MR) is 64.8 cm³/mol. The summed E-state index contributed by atoms with van der Waals surface area (Å²) in [5.41, 5.74) is -0.974. The van der Waals surface area contributed by atoms with Crippen molar-refractivity contribution in [2.45, 2.75) is 37.0 Å². The Kier molecular flexibility index (Phi) is 3.83. The van der Waals surface area contributed by atoms with Crippen molar-refractivity contribution >= 4 is 46.5 Å². The van der Waals surface area contributed by atoms with E-state index < -0.39 is 15.2 Å². The molecule has 3 nitrogen and oxygen atoms in total. The van der Waals surface area contributed by atoms with Crippen molar-refractivity contribution in [1.29, 1.82) is 0 Å². The molecule has 1 fully saturated rings. The average Bonchev–Trinajstić information content (AvgIpc) is 2.29. The molecule has 1 amide bonds. The van der Waals surface area contributed by atoms with Crippen LogP contribution in [0.1, 0.15) is 27.2 Å². The molecule has 16 heavy (non-hydrogen) atoms. The van der Waals surface area contributed by atoms with Crippen LogP contribution in [0, 0.1) is 11.3 Å². The lowest BCUT2D eigenvalue weighted by Crippen LogP contribution is -2.34. The van der Waals surface area contributed by atoms with Crippen LogP contribution in [0.5, 0.6) is 0 Å². The summed E-state index contributed by atoms with van der Waals surface area (Å²) >= 11 is 17.2. The molecule has 1 saturated heterocycles. The van der Waals surface area contributed by atoms with Crippen LogP contribution in [0.15, 0.2) is 0 Å². The molecule has 0 aromatic carbocycles. The molecule has 0 unspecified atom stereocenters. The summed E-state index contributed by atoms with van der Waals surface area (Å²) in [5, 5.41) is 2.63. The highest BCUT2D eigenvalue weighted by atomic mass is 35.6. The molecule has 0 saturated carbocycles. The monoisotopic (exact) mass is 285 g/mol. The maximum absolute atomic E-state index is 11.9. The van der Waals surface area contributed by atoms with E-state index in [-0.39, 0.29) is 17.6 Å². The lowest BCUT2D eigenvalue weighted by atomic mass is 9.86. The quantitative estimate of drug-likeness (QED) is 0.626. The molecule has 0 radical (unpaired) electrons. The van der Waals surface area contributed by atoms with Gasteiger partial charge in [-0.15, -0.1) is 0 Å². The molecular weight excluding hydrogens is 272 g/mol. The van der Waals surface area contributed by atoms with E-state index in [0.29, 0.717) is 6.42 Å². The molecular formula is C10H14Cl3NO2. The first kappa shape index (κ1) is 14.1. The van der Waals surface area contributed by atoms with Crippen LogP contribution in [0.4, 0.5) is 0 Å². The van der Waals surface area contributed by atoms with E-state index in [4.69, 9.17) is 34.8 Å². The summed E-state index contributed by atoms with van der Waals surface area (Å²) in [5.74, 6) is -0.710. The zero-order valence-corrected chi connectivity index (χ0v) is 11.6. The van der Waals surface area contributed by atoms with Gasteiger partial charge in [-0.2, -0.15) is 0 Å². The fourth-order valence-corrected chi connectivity index (χ4v) is 1.87. The second-order valence-electron chi connectivity index (χ2n) is 4.69. The highest BCUT2D eigenvalue weighted by Gasteiger charge is 2.48. The number of rotatable bonds is 2. The van der Waals surface area contributed by atoms with Gasteiger partial charge in [0.1, 0.15) is 5.41 Å². The van der Waals surface area contributed by atoms with Crippen molar-refractivity contribution < 1.29 is 9.59 Å². The van der Waals surface area contributed by atoms with E-state index in [1.165, 1.54) is 0 Å². The number of hydrogen-bond donors (Lipinski definition) is 1. The van der Waals surface area contributed by atoms with Crippen LogP contribution in [0.2, 0.25) is 0 Å². The van der Waals surface area contributed by atoms with Crippen molar-refractivity contribution in [2.24, 2.45) is 11.3 Å². The van der Waals surface area contributed by atoms with Gasteiger partial charge in [-0.3, -0.25) is 9.59 Å². The van der Waals surface area contributed by atoms with Gasteiger partial charge in [0.05, 0.1) is 6.04 Å². The summed E-state index contributed by atoms with van der Waals surface area (Å²) < 4.78 is -1.42. The summed E-state index contributed by atoms with van der Waals surface area (Å²) in [6.45, 7) is 4.94. The number of nitrogens with one attached hydrogen (secondary N) is 1. The Hall–Kier alpha value is 0.01000. The molecule has 0 spiro atoms. The largest absolute Gasteiger partial charge is 0.345 e. The molecule has 0 aliphatic carbocycles. The van der Waals surface area contributed by atoms with Crippen molar-refractivity contribution in [3.05, 3.63) is 0 Å². The number of halogens is 3. The number of alkyl halides is 3. The maximum Gasteiger partial charge on any atom is 0.233 e. The normalized spacial score (nSPS) is 26.8. The minimum Gasteiger partial charge on any atom is -0.345 e. The number of hydrogen-bond acceptors (Lipinski definition) is 2. The van der Waals surface area contributed by atoms with Crippen molar-refractivity contribution in [3.8, 4) is 0 Å². The standard InChI is InChI=1S/C10H14Cl3NO2/c1-5(10(11,12)13)4-6-7(15)9(2,3)8(16)14-6/h5-6H,4H2,1-3H3,(H,14,16)/t5-,6+/m0/s1. The van der Waals surface area contributed by atoms with Crippen molar-refractivity contribution in [3.63, 3.8) is 0 Å². The van der Waals surface area contributed by atoms with E-state index in [9.17, 15) is 9.59 Å². The number of amides is 1. The molecule has 1 aliphatic heterocycles. The number of carbonyl (C=O) groups is 2. The minimum absolute atomic E-state index is 0.140. The molecule has 0 aromatic rings. The number of Topliss-reactive ketones (excluding diaryl/α,β-unsaturated/α-hetero) is 1. The molecule has 0 bridgehead atoms. The molecule has 1 aliphatic rings. The van der Waals surface area contributed by atoms with Gasteiger partial charge < -0.3 is 5.32 Å². The molecule has 92 valence electrons. The third kappa shape index (κ3) is 2.63. The van der Waals surface area contributed by atoms with Gasteiger partial charge >= 0.3 is 0 Å². The van der Waals surface area contributed by atoms with E-state index in [0.717, 1.165) is 0 Å². The number of ketones is 1. The van der Waals surface area contributed by atoms with E-state index >= 15 is 0 Å². The van der Waals surface area contributed by atoms with Crippen molar-refractivity contribution in [2.75, 3.05) is 0 Å². The van der Waals surface area contributed by atoms with Gasteiger partial charge in [-0.1, -0.05) is 41.7 Å². The van der Waals surface area contributed by atoms with Gasteiger partial charge in [0.25, 0.3) is 0 Å². The van der Waals surface area contributed by atoms with Gasteiger partial charge in [0, 0.05) is 5.92 Å². The summed E-state index contributed by atoms with van der Waals surface area (Å²) in [7, 11) is 0. The Labute approximate surface area is 110 Å². The average molecular weight is 287 g/mol. The van der Waals surface area contributed by atoms with E-state index in [1.54, 1.807) is 20.8 Å². The SMILES string of the molecule is C[C@@H](C[C@H]1NC(=O)C(C)(C)C1=O)C(Cl)(Cl)Cl. The highest BCUT2D eigenvalue weighted by molar-refractivity contribution is 6.67. The first-order valence-electron chi connectivity index (χ1n) is 4.99. The second-order valence-corrected chi connectivity index (χ2v) is 7.06. The Morgan fingerprint density at radius 2 is 1.88 bits per heavy atom. The van der Waals surface area contributed by atoms with Crippen LogP contribution in [-0.4, -0.2) is 21.5 Å². The number of carbonyl (C=O) groups excluding carboxylic acids is 2. The smallest absolute Gasteiger partial charge is 0.233 e. The molecule has 0 aromatic heterocycles. The molecule has 1 N–H and O–H groups in total. The minimum atomic E-state index is -1.42. The zero-order chi connectivity index (χ0) is 12.7. The van der Waals surface area contributed by atoms with Crippen LogP contribution in [0.25, 0.3) is 0 Å². The third-order valence-corrected chi connectivity index (χ3v) is 4.07. The molecule has 1 heterocycles.